The van der Waals surface area contributed by atoms with E-state index in [1.54, 1.807) is 0 Å². The third kappa shape index (κ3) is 2.40. The largest absolute Gasteiger partial charge is 0.334 e. The predicted octanol–water partition coefficient (Wildman–Crippen LogP) is 2.48. The van der Waals surface area contributed by atoms with Crippen molar-refractivity contribution in [3.63, 3.8) is 0 Å². The lowest BCUT2D eigenvalue weighted by Crippen LogP contribution is -2.01. The molecule has 0 fully saturated rings. The molecule has 3 aromatic rings. The number of fused-ring (bicyclic) bond motifs is 1. The molecule has 0 saturated carbocycles. The van der Waals surface area contributed by atoms with Gasteiger partial charge in [0.15, 0.2) is 5.82 Å². The van der Waals surface area contributed by atoms with E-state index in [1.807, 2.05) is 37.3 Å². The molecule has 2 heterocycles. The molecule has 0 bridgehead atoms. The molecule has 0 amide bonds. The Labute approximate surface area is 116 Å². The molecule has 20 heavy (non-hydrogen) atoms. The van der Waals surface area contributed by atoms with Gasteiger partial charge in [-0.3, -0.25) is 4.98 Å². The maximum Gasteiger partial charge on any atom is 0.258 e. The number of nitrogens with two attached hydrogens (primary N) is 1. The van der Waals surface area contributed by atoms with Crippen LogP contribution < -0.4 is 5.73 Å². The quantitative estimate of drug-likeness (QED) is 0.786. The van der Waals surface area contributed by atoms with Crippen LogP contribution in [0.15, 0.2) is 34.9 Å². The molecular formula is C15H16N4O. The van der Waals surface area contributed by atoms with Crippen LogP contribution in [0.4, 0.5) is 0 Å². The first-order valence-corrected chi connectivity index (χ1v) is 6.67. The van der Waals surface area contributed by atoms with Crippen molar-refractivity contribution in [2.24, 2.45) is 5.73 Å². The van der Waals surface area contributed by atoms with E-state index in [4.69, 9.17) is 10.3 Å². The van der Waals surface area contributed by atoms with Gasteiger partial charge in [-0.2, -0.15) is 4.98 Å². The summed E-state index contributed by atoms with van der Waals surface area (Å²) in [7, 11) is 0. The Morgan fingerprint density at radius 1 is 1.20 bits per heavy atom. The van der Waals surface area contributed by atoms with Crippen LogP contribution >= 0.6 is 0 Å². The van der Waals surface area contributed by atoms with Gasteiger partial charge in [0.05, 0.1) is 11.1 Å². The molecule has 0 aliphatic carbocycles. The summed E-state index contributed by atoms with van der Waals surface area (Å²) in [6.45, 7) is 2.59. The minimum Gasteiger partial charge on any atom is -0.334 e. The van der Waals surface area contributed by atoms with E-state index < -0.39 is 0 Å². The SMILES string of the molecule is Cc1cc(-c2nc(CCCN)no2)c2ccccc2n1. The zero-order valence-electron chi connectivity index (χ0n) is 11.3. The number of aryl methyl sites for hydroxylation is 2. The molecule has 0 aliphatic heterocycles. The number of para-hydroxylation sites is 1. The summed E-state index contributed by atoms with van der Waals surface area (Å²) in [5.41, 5.74) is 8.29. The van der Waals surface area contributed by atoms with Crippen molar-refractivity contribution in [1.29, 1.82) is 0 Å². The molecule has 1 aromatic carbocycles. The van der Waals surface area contributed by atoms with E-state index in [1.165, 1.54) is 0 Å². The van der Waals surface area contributed by atoms with Crippen LogP contribution in [0.5, 0.6) is 0 Å². The molecule has 0 unspecified atom stereocenters. The number of hydrogen-bond donors (Lipinski definition) is 1. The first-order chi connectivity index (χ1) is 9.78. The Morgan fingerprint density at radius 2 is 2.05 bits per heavy atom. The van der Waals surface area contributed by atoms with Crippen molar-refractivity contribution in [2.45, 2.75) is 19.8 Å². The van der Waals surface area contributed by atoms with Gasteiger partial charge in [-0.05, 0) is 32.0 Å². The van der Waals surface area contributed by atoms with Gasteiger partial charge in [0.2, 0.25) is 0 Å². The van der Waals surface area contributed by atoms with Gasteiger partial charge in [0.25, 0.3) is 5.89 Å². The van der Waals surface area contributed by atoms with Gasteiger partial charge in [-0.25, -0.2) is 0 Å². The van der Waals surface area contributed by atoms with Crippen molar-refractivity contribution in [3.05, 3.63) is 41.9 Å². The van der Waals surface area contributed by atoms with Crippen LogP contribution in [0.1, 0.15) is 17.9 Å². The van der Waals surface area contributed by atoms with Crippen LogP contribution in [0, 0.1) is 6.92 Å². The van der Waals surface area contributed by atoms with E-state index in [0.717, 1.165) is 35.0 Å². The summed E-state index contributed by atoms with van der Waals surface area (Å²) in [4.78, 5) is 8.96. The first kappa shape index (κ1) is 12.7. The van der Waals surface area contributed by atoms with Crippen molar-refractivity contribution < 1.29 is 4.52 Å². The van der Waals surface area contributed by atoms with E-state index in [2.05, 4.69) is 15.1 Å². The summed E-state index contributed by atoms with van der Waals surface area (Å²) in [5, 5.41) is 5.02. The molecule has 5 nitrogen and oxygen atoms in total. The van der Waals surface area contributed by atoms with Crippen LogP contribution in [0.25, 0.3) is 22.4 Å². The molecule has 2 N–H and O–H groups in total. The Balaban J connectivity index is 2.07. The first-order valence-electron chi connectivity index (χ1n) is 6.67. The maximum absolute atomic E-state index is 5.49. The lowest BCUT2D eigenvalue weighted by Gasteiger charge is -2.03. The Kier molecular flexibility index (Phi) is 3.43. The van der Waals surface area contributed by atoms with Crippen LogP contribution in [0.2, 0.25) is 0 Å². The highest BCUT2D eigenvalue weighted by atomic mass is 16.5. The third-order valence-electron chi connectivity index (χ3n) is 3.15. The van der Waals surface area contributed by atoms with Crippen LogP contribution in [-0.2, 0) is 6.42 Å². The molecule has 0 saturated heterocycles. The fourth-order valence-corrected chi connectivity index (χ4v) is 2.21. The number of benzene rings is 1. The fourth-order valence-electron chi connectivity index (χ4n) is 2.21. The van der Waals surface area contributed by atoms with Crippen molar-refractivity contribution in [2.75, 3.05) is 6.54 Å². The average Bonchev–Trinajstić information content (AvgIpc) is 2.93. The minimum atomic E-state index is 0.540. The fraction of sp³-hybridized carbons (Fsp3) is 0.267. The highest BCUT2D eigenvalue weighted by Crippen LogP contribution is 2.27. The minimum absolute atomic E-state index is 0.540. The number of hydrogen-bond acceptors (Lipinski definition) is 5. The molecule has 3 rings (SSSR count). The van der Waals surface area contributed by atoms with Gasteiger partial charge >= 0.3 is 0 Å². The zero-order chi connectivity index (χ0) is 13.9. The van der Waals surface area contributed by atoms with Crippen LogP contribution in [-0.4, -0.2) is 21.7 Å². The predicted molar refractivity (Wildman–Crippen MR) is 77.1 cm³/mol. The van der Waals surface area contributed by atoms with E-state index in [9.17, 15) is 0 Å². The summed E-state index contributed by atoms with van der Waals surface area (Å²) >= 11 is 0. The molecule has 0 spiro atoms. The number of rotatable bonds is 4. The normalized spacial score (nSPS) is 11.1. The second-order valence-electron chi connectivity index (χ2n) is 4.74. The highest BCUT2D eigenvalue weighted by molar-refractivity contribution is 5.92. The molecule has 0 radical (unpaired) electrons. The van der Waals surface area contributed by atoms with Crippen molar-refractivity contribution in [3.8, 4) is 11.5 Å². The van der Waals surface area contributed by atoms with Gasteiger partial charge in [-0.15, -0.1) is 0 Å². The van der Waals surface area contributed by atoms with Crippen molar-refractivity contribution >= 4 is 10.9 Å². The molecule has 5 heteroatoms. The van der Waals surface area contributed by atoms with Gasteiger partial charge in [0.1, 0.15) is 0 Å². The van der Waals surface area contributed by atoms with Gasteiger partial charge < -0.3 is 10.3 Å². The van der Waals surface area contributed by atoms with Crippen molar-refractivity contribution in [1.82, 2.24) is 15.1 Å². The second kappa shape index (κ2) is 5.38. The Bertz CT molecular complexity index is 736. The molecule has 0 atom stereocenters. The van der Waals surface area contributed by atoms with Gasteiger partial charge in [0, 0.05) is 17.5 Å². The number of pyridine rings is 1. The summed E-state index contributed by atoms with van der Waals surface area (Å²) < 4.78 is 5.38. The zero-order valence-corrected chi connectivity index (χ0v) is 11.3. The van der Waals surface area contributed by atoms with Gasteiger partial charge in [-0.1, -0.05) is 23.4 Å². The lowest BCUT2D eigenvalue weighted by molar-refractivity contribution is 0.422. The lowest BCUT2D eigenvalue weighted by atomic mass is 10.1. The number of aromatic nitrogens is 3. The second-order valence-corrected chi connectivity index (χ2v) is 4.74. The summed E-state index contributed by atoms with van der Waals surface area (Å²) in [6.07, 6.45) is 1.59. The molecule has 102 valence electrons. The van der Waals surface area contributed by atoms with E-state index >= 15 is 0 Å². The Hall–Kier alpha value is -2.27. The summed E-state index contributed by atoms with van der Waals surface area (Å²) in [6, 6.07) is 9.93. The summed E-state index contributed by atoms with van der Waals surface area (Å²) in [5.74, 6) is 1.24. The Morgan fingerprint density at radius 3 is 2.90 bits per heavy atom. The third-order valence-corrected chi connectivity index (χ3v) is 3.15. The van der Waals surface area contributed by atoms with E-state index in [0.29, 0.717) is 18.3 Å². The highest BCUT2D eigenvalue weighted by Gasteiger charge is 2.13. The molecule has 2 aromatic heterocycles. The average molecular weight is 268 g/mol. The topological polar surface area (TPSA) is 77.8 Å². The van der Waals surface area contributed by atoms with E-state index in [-0.39, 0.29) is 0 Å². The monoisotopic (exact) mass is 268 g/mol. The smallest absolute Gasteiger partial charge is 0.258 e. The number of nitrogens with zero attached hydrogens (tertiary/aromatic N) is 3. The molecule has 0 aliphatic rings. The van der Waals surface area contributed by atoms with Crippen LogP contribution in [0.3, 0.4) is 0 Å². The standard InChI is InChI=1S/C15H16N4O/c1-10-9-12(11-5-2-3-6-13(11)17-10)15-18-14(19-20-15)7-4-8-16/h2-3,5-6,9H,4,7-8,16H2,1H3. The molecular weight excluding hydrogens is 252 g/mol. The maximum atomic E-state index is 5.49.